The van der Waals surface area contributed by atoms with E-state index >= 15 is 0 Å². The molecule has 0 bridgehead atoms. The molecule has 1 N–H and O–H groups in total. The van der Waals surface area contributed by atoms with Crippen molar-refractivity contribution in [1.82, 2.24) is 4.90 Å². The van der Waals surface area contributed by atoms with E-state index in [1.807, 2.05) is 12.1 Å². The molecule has 6 heteroatoms. The van der Waals surface area contributed by atoms with Crippen molar-refractivity contribution in [1.29, 1.82) is 0 Å². The van der Waals surface area contributed by atoms with Crippen LogP contribution in [0.2, 0.25) is 0 Å². The van der Waals surface area contributed by atoms with Gasteiger partial charge in [-0.15, -0.1) is 0 Å². The van der Waals surface area contributed by atoms with Gasteiger partial charge in [0.25, 0.3) is 0 Å². The third kappa shape index (κ3) is 1.99. The minimum absolute atomic E-state index is 0.0107. The molecule has 24 heavy (non-hydrogen) atoms. The summed E-state index contributed by atoms with van der Waals surface area (Å²) < 4.78 is 16.7. The maximum Gasteiger partial charge on any atom is 0.303 e. The van der Waals surface area contributed by atoms with Gasteiger partial charge in [0.2, 0.25) is 6.79 Å². The van der Waals surface area contributed by atoms with Gasteiger partial charge in [0.1, 0.15) is 6.10 Å². The molecule has 5 unspecified atom stereocenters. The van der Waals surface area contributed by atoms with Gasteiger partial charge in [-0.25, -0.2) is 0 Å². The lowest BCUT2D eigenvalue weighted by Gasteiger charge is -2.48. The van der Waals surface area contributed by atoms with Crippen LogP contribution in [0.15, 0.2) is 12.1 Å². The van der Waals surface area contributed by atoms with E-state index in [0.717, 1.165) is 36.6 Å². The monoisotopic (exact) mass is 331 g/mol. The minimum atomic E-state index is -0.614. The van der Waals surface area contributed by atoms with Crippen LogP contribution in [0, 0.1) is 5.92 Å². The van der Waals surface area contributed by atoms with Crippen LogP contribution < -0.4 is 9.47 Å². The van der Waals surface area contributed by atoms with Crippen LogP contribution >= 0.6 is 0 Å². The highest BCUT2D eigenvalue weighted by molar-refractivity contribution is 5.66. The molecular weight excluding hydrogens is 310 g/mol. The Kier molecular flexibility index (Phi) is 3.09. The van der Waals surface area contributed by atoms with E-state index in [0.29, 0.717) is 18.4 Å². The molecule has 1 aliphatic carbocycles. The SMILES string of the molecule is CC(=O)OC1C(O)CC2CCN3Cc4cc5c(cc4C1C23)OCO5. The molecule has 3 heterocycles. The van der Waals surface area contributed by atoms with Crippen LogP contribution in [0.3, 0.4) is 0 Å². The zero-order valence-corrected chi connectivity index (χ0v) is 13.6. The predicted molar refractivity (Wildman–Crippen MR) is 83.8 cm³/mol. The third-order valence-electron chi connectivity index (χ3n) is 6.01. The van der Waals surface area contributed by atoms with Crippen molar-refractivity contribution in [3.63, 3.8) is 0 Å². The lowest BCUT2D eigenvalue weighted by molar-refractivity contribution is -0.161. The topological polar surface area (TPSA) is 68.2 Å². The van der Waals surface area contributed by atoms with E-state index < -0.39 is 12.2 Å². The summed E-state index contributed by atoms with van der Waals surface area (Å²) in [5.41, 5.74) is 2.32. The summed E-state index contributed by atoms with van der Waals surface area (Å²) in [6.45, 7) is 3.56. The van der Waals surface area contributed by atoms with Crippen LogP contribution in [0.25, 0.3) is 0 Å². The highest BCUT2D eigenvalue weighted by Crippen LogP contribution is 2.52. The lowest BCUT2D eigenvalue weighted by Crippen LogP contribution is -2.55. The Morgan fingerprint density at radius 1 is 1.33 bits per heavy atom. The summed E-state index contributed by atoms with van der Waals surface area (Å²) in [4.78, 5) is 14.1. The van der Waals surface area contributed by atoms with E-state index in [9.17, 15) is 9.90 Å². The Bertz CT molecular complexity index is 705. The first-order valence-electron chi connectivity index (χ1n) is 8.63. The average Bonchev–Trinajstić information content (AvgIpc) is 3.15. The maximum absolute atomic E-state index is 11.6. The van der Waals surface area contributed by atoms with Crippen LogP contribution in [0.4, 0.5) is 0 Å². The Hall–Kier alpha value is -1.79. The zero-order valence-electron chi connectivity index (χ0n) is 13.6. The molecule has 1 aromatic rings. The summed E-state index contributed by atoms with van der Waals surface area (Å²) in [7, 11) is 0. The fourth-order valence-electron chi connectivity index (χ4n) is 5.16. The second-order valence-corrected chi connectivity index (χ2v) is 7.32. The number of benzene rings is 1. The van der Waals surface area contributed by atoms with Crippen LogP contribution in [0.1, 0.15) is 36.8 Å². The van der Waals surface area contributed by atoms with Gasteiger partial charge in [0.15, 0.2) is 11.5 Å². The average molecular weight is 331 g/mol. The molecule has 1 saturated heterocycles. The third-order valence-corrected chi connectivity index (χ3v) is 6.01. The number of nitrogens with zero attached hydrogens (tertiary/aromatic N) is 1. The molecular formula is C18H21NO5. The molecule has 3 aliphatic heterocycles. The van der Waals surface area contributed by atoms with Crippen molar-refractivity contribution in [2.45, 2.75) is 50.5 Å². The van der Waals surface area contributed by atoms with Crippen LogP contribution in [-0.2, 0) is 16.1 Å². The van der Waals surface area contributed by atoms with Crippen LogP contribution in [-0.4, -0.2) is 47.6 Å². The second-order valence-electron chi connectivity index (χ2n) is 7.32. The highest BCUT2D eigenvalue weighted by atomic mass is 16.7. The normalized spacial score (nSPS) is 36.2. The van der Waals surface area contributed by atoms with Gasteiger partial charge in [-0.3, -0.25) is 9.69 Å². The number of carbonyl (C=O) groups excluding carboxylic acids is 1. The summed E-state index contributed by atoms with van der Waals surface area (Å²) in [5, 5.41) is 10.6. The largest absolute Gasteiger partial charge is 0.459 e. The molecule has 4 aliphatic rings. The van der Waals surface area contributed by atoms with E-state index in [4.69, 9.17) is 14.2 Å². The number of rotatable bonds is 1. The van der Waals surface area contributed by atoms with Crippen molar-refractivity contribution >= 4 is 5.97 Å². The van der Waals surface area contributed by atoms with Gasteiger partial charge in [0, 0.05) is 25.4 Å². The van der Waals surface area contributed by atoms with Gasteiger partial charge in [-0.05, 0) is 48.6 Å². The molecule has 2 fully saturated rings. The van der Waals surface area contributed by atoms with Crippen molar-refractivity contribution < 1.29 is 24.1 Å². The molecule has 0 spiro atoms. The first-order chi connectivity index (χ1) is 11.6. The molecule has 0 amide bonds. The number of aliphatic hydroxyl groups excluding tert-OH is 1. The Balaban J connectivity index is 1.63. The van der Waals surface area contributed by atoms with Crippen molar-refractivity contribution in [3.05, 3.63) is 23.3 Å². The number of aliphatic hydroxyl groups is 1. The van der Waals surface area contributed by atoms with E-state index in [2.05, 4.69) is 4.90 Å². The molecule has 128 valence electrons. The van der Waals surface area contributed by atoms with Gasteiger partial charge < -0.3 is 19.3 Å². The number of hydrogen-bond donors (Lipinski definition) is 1. The number of ether oxygens (including phenoxy) is 3. The lowest BCUT2D eigenvalue weighted by atomic mass is 9.68. The Morgan fingerprint density at radius 2 is 2.12 bits per heavy atom. The smallest absolute Gasteiger partial charge is 0.303 e. The van der Waals surface area contributed by atoms with Crippen molar-refractivity contribution in [2.75, 3.05) is 13.3 Å². The minimum Gasteiger partial charge on any atom is -0.459 e. The molecule has 1 aromatic carbocycles. The maximum atomic E-state index is 11.6. The fourth-order valence-corrected chi connectivity index (χ4v) is 5.16. The summed E-state index contributed by atoms with van der Waals surface area (Å²) in [5.74, 6) is 1.63. The number of carbonyl (C=O) groups is 1. The number of esters is 1. The highest BCUT2D eigenvalue weighted by Gasteiger charge is 2.54. The molecule has 0 radical (unpaired) electrons. The first-order valence-corrected chi connectivity index (χ1v) is 8.63. The number of fused-ring (bicyclic) bond motifs is 3. The summed E-state index contributed by atoms with van der Waals surface area (Å²) in [6.07, 6.45) is 0.682. The summed E-state index contributed by atoms with van der Waals surface area (Å²) >= 11 is 0. The van der Waals surface area contributed by atoms with E-state index in [1.54, 1.807) is 0 Å². The molecule has 1 saturated carbocycles. The van der Waals surface area contributed by atoms with Gasteiger partial charge in [-0.2, -0.15) is 0 Å². The van der Waals surface area contributed by atoms with Gasteiger partial charge >= 0.3 is 5.97 Å². The Morgan fingerprint density at radius 3 is 2.92 bits per heavy atom. The number of hydrogen-bond acceptors (Lipinski definition) is 6. The quantitative estimate of drug-likeness (QED) is 0.785. The van der Waals surface area contributed by atoms with E-state index in [1.165, 1.54) is 12.5 Å². The van der Waals surface area contributed by atoms with Crippen LogP contribution in [0.5, 0.6) is 11.5 Å². The van der Waals surface area contributed by atoms with E-state index in [-0.39, 0.29) is 18.7 Å². The second kappa shape index (κ2) is 5.10. The van der Waals surface area contributed by atoms with Gasteiger partial charge in [0.05, 0.1) is 6.10 Å². The molecule has 0 aromatic heterocycles. The predicted octanol–water partition coefficient (Wildman–Crippen LogP) is 1.40. The fraction of sp³-hybridized carbons (Fsp3) is 0.611. The first kappa shape index (κ1) is 14.5. The molecule has 5 atom stereocenters. The van der Waals surface area contributed by atoms with Crippen molar-refractivity contribution in [2.24, 2.45) is 5.92 Å². The molecule has 5 rings (SSSR count). The van der Waals surface area contributed by atoms with Gasteiger partial charge in [-0.1, -0.05) is 0 Å². The molecule has 6 nitrogen and oxygen atoms in total. The standard InChI is InChI=1S/C18H21NO5/c1-9(20)24-18-13(21)4-10-2-3-19-7-11-5-14-15(23-8-22-14)6-12(11)16(18)17(10)19/h5-6,10,13,16-18,21H,2-4,7-8H2,1H3. The Labute approximate surface area is 140 Å². The summed E-state index contributed by atoms with van der Waals surface area (Å²) in [6, 6.07) is 4.40. The van der Waals surface area contributed by atoms with Crippen molar-refractivity contribution in [3.8, 4) is 11.5 Å². The zero-order chi connectivity index (χ0) is 16.4.